The second-order valence-corrected chi connectivity index (χ2v) is 9.13. The normalized spacial score (nSPS) is 15.0. The predicted molar refractivity (Wildman–Crippen MR) is 113 cm³/mol. The molecule has 1 aliphatic rings. The number of likely N-dealkylation sites (tertiary alicyclic amines) is 1. The van der Waals surface area contributed by atoms with Crippen molar-refractivity contribution in [2.75, 3.05) is 24.1 Å². The number of carbonyl (C=O) groups excluding carboxylic acids is 2. The molecule has 0 bridgehead atoms. The first-order valence-corrected chi connectivity index (χ1v) is 11.4. The molecule has 2 aromatic carbocycles. The lowest BCUT2D eigenvalue weighted by atomic mass is 10.0. The van der Waals surface area contributed by atoms with Gasteiger partial charge in [0.05, 0.1) is 16.8 Å². The summed E-state index contributed by atoms with van der Waals surface area (Å²) in [6.45, 7) is 1.05. The van der Waals surface area contributed by atoms with Gasteiger partial charge < -0.3 is 10.2 Å². The van der Waals surface area contributed by atoms with E-state index >= 15 is 0 Å². The zero-order valence-electron chi connectivity index (χ0n) is 15.9. The molecule has 1 saturated heterocycles. The van der Waals surface area contributed by atoms with E-state index in [9.17, 15) is 18.0 Å². The maximum atomic E-state index is 12.7. The predicted octanol–water partition coefficient (Wildman–Crippen LogP) is 2.75. The van der Waals surface area contributed by atoms with E-state index in [4.69, 9.17) is 11.6 Å². The Balaban J connectivity index is 1.54. The summed E-state index contributed by atoms with van der Waals surface area (Å²) in [5, 5.41) is 3.39. The van der Waals surface area contributed by atoms with Crippen molar-refractivity contribution in [1.82, 2.24) is 10.2 Å². The average molecular weight is 436 g/mol. The molecule has 0 saturated carbocycles. The van der Waals surface area contributed by atoms with Gasteiger partial charge in [0.15, 0.2) is 0 Å². The van der Waals surface area contributed by atoms with Gasteiger partial charge in [-0.1, -0.05) is 23.7 Å². The summed E-state index contributed by atoms with van der Waals surface area (Å²) >= 11 is 6.06. The zero-order valence-corrected chi connectivity index (χ0v) is 17.5. The Kier molecular flexibility index (Phi) is 6.44. The molecule has 0 aliphatic carbocycles. The number of nitrogens with one attached hydrogen (secondary N) is 2. The van der Waals surface area contributed by atoms with E-state index in [2.05, 4.69) is 10.0 Å². The van der Waals surface area contributed by atoms with Gasteiger partial charge >= 0.3 is 0 Å². The van der Waals surface area contributed by atoms with Crippen LogP contribution in [0.3, 0.4) is 0 Å². The summed E-state index contributed by atoms with van der Waals surface area (Å²) in [5.41, 5.74) is 1.34. The van der Waals surface area contributed by atoms with Crippen molar-refractivity contribution < 1.29 is 18.0 Å². The number of piperidine rings is 1. The SMILES string of the molecule is CS(=O)(=O)Nc1ccc(C(=O)N2CCC(NC(=O)c3ccccc3Cl)CC2)cc1. The lowest BCUT2D eigenvalue weighted by Gasteiger charge is -2.32. The number of hydrogen-bond donors (Lipinski definition) is 2. The van der Waals surface area contributed by atoms with Crippen LogP contribution in [-0.4, -0.2) is 50.5 Å². The molecule has 0 spiro atoms. The van der Waals surface area contributed by atoms with Crippen LogP contribution in [0.2, 0.25) is 5.02 Å². The van der Waals surface area contributed by atoms with Gasteiger partial charge in [-0.3, -0.25) is 14.3 Å². The molecular formula is C20H22ClN3O4S. The standard InChI is InChI=1S/C20H22ClN3O4S/c1-29(27,28)23-16-8-6-14(7-9-16)20(26)24-12-10-15(11-13-24)22-19(25)17-4-2-3-5-18(17)21/h2-9,15,23H,10-13H2,1H3,(H,22,25). The molecule has 1 heterocycles. The van der Waals surface area contributed by atoms with Crippen molar-refractivity contribution >= 4 is 39.1 Å². The van der Waals surface area contributed by atoms with Crippen LogP contribution in [0.25, 0.3) is 0 Å². The minimum atomic E-state index is -3.36. The summed E-state index contributed by atoms with van der Waals surface area (Å²) in [6, 6.07) is 13.2. The van der Waals surface area contributed by atoms with Gasteiger partial charge in [0.25, 0.3) is 11.8 Å². The Hall–Kier alpha value is -2.58. The highest BCUT2D eigenvalue weighted by atomic mass is 35.5. The van der Waals surface area contributed by atoms with Gasteiger partial charge in [0.2, 0.25) is 10.0 Å². The van der Waals surface area contributed by atoms with Crippen LogP contribution in [0.4, 0.5) is 5.69 Å². The molecule has 0 atom stereocenters. The van der Waals surface area contributed by atoms with E-state index in [1.54, 1.807) is 53.4 Å². The Bertz CT molecular complexity index is 1000. The molecule has 29 heavy (non-hydrogen) atoms. The van der Waals surface area contributed by atoms with Crippen molar-refractivity contribution in [2.24, 2.45) is 0 Å². The topological polar surface area (TPSA) is 95.6 Å². The smallest absolute Gasteiger partial charge is 0.253 e. The molecule has 2 N–H and O–H groups in total. The van der Waals surface area contributed by atoms with Gasteiger partial charge in [0.1, 0.15) is 0 Å². The van der Waals surface area contributed by atoms with Gasteiger partial charge in [-0.15, -0.1) is 0 Å². The first-order chi connectivity index (χ1) is 13.7. The van der Waals surface area contributed by atoms with Gasteiger partial charge in [-0.2, -0.15) is 0 Å². The first kappa shape index (κ1) is 21.1. The van der Waals surface area contributed by atoms with Crippen LogP contribution in [0.15, 0.2) is 48.5 Å². The van der Waals surface area contributed by atoms with E-state index in [0.29, 0.717) is 47.8 Å². The van der Waals surface area contributed by atoms with Gasteiger partial charge in [0, 0.05) is 30.4 Å². The second kappa shape index (κ2) is 8.84. The minimum Gasteiger partial charge on any atom is -0.349 e. The van der Waals surface area contributed by atoms with Crippen molar-refractivity contribution in [3.63, 3.8) is 0 Å². The third-order valence-corrected chi connectivity index (χ3v) is 5.61. The average Bonchev–Trinajstić information content (AvgIpc) is 2.68. The van der Waals surface area contributed by atoms with Crippen molar-refractivity contribution in [1.29, 1.82) is 0 Å². The summed E-state index contributed by atoms with van der Waals surface area (Å²) in [7, 11) is -3.36. The van der Waals surface area contributed by atoms with Crippen LogP contribution in [0, 0.1) is 0 Å². The largest absolute Gasteiger partial charge is 0.349 e. The number of halogens is 1. The molecule has 1 aliphatic heterocycles. The fraction of sp³-hybridized carbons (Fsp3) is 0.300. The summed E-state index contributed by atoms with van der Waals surface area (Å²) in [6.07, 6.45) is 2.37. The lowest BCUT2D eigenvalue weighted by Crippen LogP contribution is -2.46. The summed E-state index contributed by atoms with van der Waals surface area (Å²) in [5.74, 6) is -0.332. The third-order valence-electron chi connectivity index (χ3n) is 4.67. The molecule has 7 nitrogen and oxygen atoms in total. The van der Waals surface area contributed by atoms with Crippen LogP contribution >= 0.6 is 11.6 Å². The maximum absolute atomic E-state index is 12.7. The van der Waals surface area contributed by atoms with Crippen molar-refractivity contribution in [3.05, 3.63) is 64.7 Å². The highest BCUT2D eigenvalue weighted by Crippen LogP contribution is 2.19. The minimum absolute atomic E-state index is 0.0239. The van der Waals surface area contributed by atoms with Crippen molar-refractivity contribution in [2.45, 2.75) is 18.9 Å². The Morgan fingerprint density at radius 3 is 2.24 bits per heavy atom. The van der Waals surface area contributed by atoms with E-state index in [0.717, 1.165) is 6.26 Å². The number of hydrogen-bond acceptors (Lipinski definition) is 4. The van der Waals surface area contributed by atoms with E-state index in [1.165, 1.54) is 0 Å². The highest BCUT2D eigenvalue weighted by Gasteiger charge is 2.25. The number of carbonyl (C=O) groups is 2. The van der Waals surface area contributed by atoms with Crippen LogP contribution in [-0.2, 0) is 10.0 Å². The Morgan fingerprint density at radius 1 is 1.03 bits per heavy atom. The Labute approximate surface area is 175 Å². The number of benzene rings is 2. The molecule has 3 rings (SSSR count). The Morgan fingerprint density at radius 2 is 1.66 bits per heavy atom. The maximum Gasteiger partial charge on any atom is 0.253 e. The number of nitrogens with zero attached hydrogens (tertiary/aromatic N) is 1. The molecule has 0 radical (unpaired) electrons. The summed E-state index contributed by atoms with van der Waals surface area (Å²) < 4.78 is 24.9. The summed E-state index contributed by atoms with van der Waals surface area (Å²) in [4.78, 5) is 26.8. The van der Waals surface area contributed by atoms with E-state index in [-0.39, 0.29) is 17.9 Å². The van der Waals surface area contributed by atoms with Crippen LogP contribution in [0.5, 0.6) is 0 Å². The zero-order chi connectivity index (χ0) is 21.0. The van der Waals surface area contributed by atoms with Crippen LogP contribution in [0.1, 0.15) is 33.6 Å². The quantitative estimate of drug-likeness (QED) is 0.754. The number of amides is 2. The van der Waals surface area contributed by atoms with E-state index in [1.807, 2.05) is 0 Å². The number of rotatable bonds is 5. The molecule has 0 aromatic heterocycles. The van der Waals surface area contributed by atoms with E-state index < -0.39 is 10.0 Å². The molecule has 154 valence electrons. The molecule has 2 aromatic rings. The third kappa shape index (κ3) is 5.71. The molecule has 2 amide bonds. The molecule has 1 fully saturated rings. The highest BCUT2D eigenvalue weighted by molar-refractivity contribution is 7.92. The molecular weight excluding hydrogens is 414 g/mol. The number of sulfonamides is 1. The number of anilines is 1. The lowest BCUT2D eigenvalue weighted by molar-refractivity contribution is 0.0698. The molecule has 0 unspecified atom stereocenters. The van der Waals surface area contributed by atoms with Crippen molar-refractivity contribution in [3.8, 4) is 0 Å². The monoisotopic (exact) mass is 435 g/mol. The van der Waals surface area contributed by atoms with Gasteiger partial charge in [-0.05, 0) is 49.2 Å². The van der Waals surface area contributed by atoms with Gasteiger partial charge in [-0.25, -0.2) is 8.42 Å². The fourth-order valence-electron chi connectivity index (χ4n) is 3.21. The van der Waals surface area contributed by atoms with Crippen LogP contribution < -0.4 is 10.0 Å². The second-order valence-electron chi connectivity index (χ2n) is 6.97. The fourth-order valence-corrected chi connectivity index (χ4v) is 4.00. The molecule has 9 heteroatoms. The first-order valence-electron chi connectivity index (χ1n) is 9.15.